The summed E-state index contributed by atoms with van der Waals surface area (Å²) < 4.78 is 4.84. The average molecular weight is 187 g/mol. The van der Waals surface area contributed by atoms with Gasteiger partial charge in [0.25, 0.3) is 0 Å². The summed E-state index contributed by atoms with van der Waals surface area (Å²) in [6, 6.07) is 0. The molecule has 0 aliphatic carbocycles. The Morgan fingerprint density at radius 2 is 2.08 bits per heavy atom. The van der Waals surface area contributed by atoms with Crippen LogP contribution in [0.5, 0.6) is 0 Å². The van der Waals surface area contributed by atoms with Crippen LogP contribution >= 0.6 is 0 Å². The minimum atomic E-state index is -0.430. The molecule has 13 heavy (non-hydrogen) atoms. The highest BCUT2D eigenvalue weighted by Crippen LogP contribution is 2.17. The average Bonchev–Trinajstić information content (AvgIpc) is 1.81. The van der Waals surface area contributed by atoms with Crippen LogP contribution < -0.4 is 5.73 Å². The molecule has 0 aliphatic heterocycles. The highest BCUT2D eigenvalue weighted by molar-refractivity contribution is 5.70. The summed E-state index contributed by atoms with van der Waals surface area (Å²) in [6.07, 6.45) is 1.14. The first-order valence-corrected chi connectivity index (χ1v) is 4.82. The first-order valence-electron chi connectivity index (χ1n) is 4.82. The number of ether oxygens (including phenoxy) is 1. The summed E-state index contributed by atoms with van der Waals surface area (Å²) >= 11 is 0. The van der Waals surface area contributed by atoms with Crippen molar-refractivity contribution in [2.45, 2.75) is 46.1 Å². The molecule has 3 heteroatoms. The Kier molecular flexibility index (Phi) is 4.99. The number of carbonyl (C=O) groups excluding carboxylic acids is 1. The molecule has 0 aliphatic rings. The van der Waals surface area contributed by atoms with Gasteiger partial charge in [-0.2, -0.15) is 0 Å². The van der Waals surface area contributed by atoms with Crippen molar-refractivity contribution in [2.75, 3.05) is 6.61 Å². The highest BCUT2D eigenvalue weighted by Gasteiger charge is 2.24. The van der Waals surface area contributed by atoms with Crippen molar-refractivity contribution in [2.24, 2.45) is 11.7 Å². The van der Waals surface area contributed by atoms with Crippen molar-refractivity contribution in [3.05, 3.63) is 0 Å². The number of rotatable bonds is 5. The minimum Gasteiger partial charge on any atom is -0.466 e. The van der Waals surface area contributed by atoms with Gasteiger partial charge in [-0.15, -0.1) is 0 Å². The predicted molar refractivity (Wildman–Crippen MR) is 53.3 cm³/mol. The smallest absolute Gasteiger partial charge is 0.307 e. The molecule has 0 aromatic heterocycles. The van der Waals surface area contributed by atoms with Crippen molar-refractivity contribution in [1.82, 2.24) is 0 Å². The summed E-state index contributed by atoms with van der Waals surface area (Å²) in [4.78, 5) is 11.1. The molecule has 3 nitrogen and oxygen atoms in total. The van der Waals surface area contributed by atoms with Gasteiger partial charge >= 0.3 is 5.97 Å². The number of nitrogens with two attached hydrogens (primary N) is 1. The molecule has 0 aromatic carbocycles. The van der Waals surface area contributed by atoms with Crippen LogP contribution in [0.15, 0.2) is 0 Å². The maximum Gasteiger partial charge on any atom is 0.307 e. The second-order valence-electron chi connectivity index (χ2n) is 4.23. The van der Waals surface area contributed by atoms with Crippen LogP contribution in [0.2, 0.25) is 0 Å². The molecular formula is C10H21NO2. The molecule has 1 unspecified atom stereocenters. The fourth-order valence-electron chi connectivity index (χ4n) is 1.55. The molecule has 0 bridgehead atoms. The molecule has 78 valence electrons. The number of hydrogen-bond donors (Lipinski definition) is 1. The zero-order valence-electron chi connectivity index (χ0n) is 9.09. The highest BCUT2D eigenvalue weighted by atomic mass is 16.5. The van der Waals surface area contributed by atoms with E-state index in [1.807, 2.05) is 6.92 Å². The van der Waals surface area contributed by atoms with Gasteiger partial charge in [-0.05, 0) is 26.2 Å². The lowest BCUT2D eigenvalue weighted by molar-refractivity contribution is -0.144. The van der Waals surface area contributed by atoms with Crippen LogP contribution in [0, 0.1) is 5.92 Å². The largest absolute Gasteiger partial charge is 0.466 e. The summed E-state index contributed by atoms with van der Waals surface area (Å²) in [5.41, 5.74) is 5.52. The molecule has 0 saturated heterocycles. The lowest BCUT2D eigenvalue weighted by Crippen LogP contribution is -2.40. The van der Waals surface area contributed by atoms with E-state index in [0.29, 0.717) is 18.9 Å². The van der Waals surface area contributed by atoms with E-state index in [9.17, 15) is 4.79 Å². The zero-order valence-corrected chi connectivity index (χ0v) is 9.09. The van der Waals surface area contributed by atoms with Gasteiger partial charge in [-0.25, -0.2) is 0 Å². The normalized spacial score (nSPS) is 15.5. The van der Waals surface area contributed by atoms with Gasteiger partial charge in [0.2, 0.25) is 0 Å². The third kappa shape index (κ3) is 6.58. The Hall–Kier alpha value is -0.570. The first kappa shape index (κ1) is 12.4. The van der Waals surface area contributed by atoms with Gasteiger partial charge in [-0.1, -0.05) is 13.8 Å². The van der Waals surface area contributed by atoms with E-state index in [0.717, 1.165) is 6.42 Å². The lowest BCUT2D eigenvalue weighted by atomic mass is 9.89. The van der Waals surface area contributed by atoms with Gasteiger partial charge < -0.3 is 10.5 Å². The number of carbonyl (C=O) groups is 1. The second-order valence-corrected chi connectivity index (χ2v) is 4.23. The van der Waals surface area contributed by atoms with Crippen molar-refractivity contribution in [3.8, 4) is 0 Å². The Morgan fingerprint density at radius 3 is 2.46 bits per heavy atom. The number of esters is 1. The molecular weight excluding hydrogens is 166 g/mol. The summed E-state index contributed by atoms with van der Waals surface area (Å²) in [6.45, 7) is 8.31. The van der Waals surface area contributed by atoms with Gasteiger partial charge in [0.15, 0.2) is 0 Å². The van der Waals surface area contributed by atoms with Gasteiger partial charge in [0.1, 0.15) is 0 Å². The maximum atomic E-state index is 11.1. The van der Waals surface area contributed by atoms with Crippen LogP contribution in [-0.4, -0.2) is 18.1 Å². The molecule has 1 atom stereocenters. The molecule has 0 saturated carbocycles. The second kappa shape index (κ2) is 5.22. The van der Waals surface area contributed by atoms with Crippen molar-refractivity contribution in [1.29, 1.82) is 0 Å². The zero-order chi connectivity index (χ0) is 10.5. The van der Waals surface area contributed by atoms with E-state index in [2.05, 4.69) is 13.8 Å². The molecule has 0 rings (SSSR count). The fourth-order valence-corrected chi connectivity index (χ4v) is 1.55. The quantitative estimate of drug-likeness (QED) is 0.666. The van der Waals surface area contributed by atoms with E-state index in [4.69, 9.17) is 10.5 Å². The molecule has 0 fully saturated rings. The summed E-state index contributed by atoms with van der Waals surface area (Å²) in [5, 5.41) is 0. The monoisotopic (exact) mass is 187 g/mol. The summed E-state index contributed by atoms with van der Waals surface area (Å²) in [7, 11) is 0. The van der Waals surface area contributed by atoms with Crippen LogP contribution in [0.25, 0.3) is 0 Å². The van der Waals surface area contributed by atoms with E-state index < -0.39 is 5.54 Å². The van der Waals surface area contributed by atoms with Crippen molar-refractivity contribution < 1.29 is 9.53 Å². The Morgan fingerprint density at radius 1 is 1.54 bits per heavy atom. The first-order chi connectivity index (χ1) is 5.87. The minimum absolute atomic E-state index is 0.201. The summed E-state index contributed by atoms with van der Waals surface area (Å²) in [5.74, 6) is 0.303. The SMILES string of the molecule is CCOC(=O)CC(C)(N)CC(C)C. The topological polar surface area (TPSA) is 52.3 Å². The van der Waals surface area contributed by atoms with E-state index >= 15 is 0 Å². The Bertz CT molecular complexity index is 164. The molecule has 2 N–H and O–H groups in total. The molecule has 0 amide bonds. The Labute approximate surface area is 80.6 Å². The third-order valence-electron chi connectivity index (χ3n) is 1.73. The van der Waals surface area contributed by atoms with Crippen LogP contribution in [0.1, 0.15) is 40.5 Å². The van der Waals surface area contributed by atoms with Crippen LogP contribution in [0.3, 0.4) is 0 Å². The Balaban J connectivity index is 3.93. The fraction of sp³-hybridized carbons (Fsp3) is 0.900. The van der Waals surface area contributed by atoms with Crippen molar-refractivity contribution in [3.63, 3.8) is 0 Å². The predicted octanol–water partition coefficient (Wildman–Crippen LogP) is 1.70. The van der Waals surface area contributed by atoms with E-state index in [-0.39, 0.29) is 5.97 Å². The van der Waals surface area contributed by atoms with E-state index in [1.165, 1.54) is 0 Å². The van der Waals surface area contributed by atoms with Gasteiger partial charge in [-0.3, -0.25) is 4.79 Å². The van der Waals surface area contributed by atoms with Gasteiger partial charge in [0, 0.05) is 5.54 Å². The van der Waals surface area contributed by atoms with Gasteiger partial charge in [0.05, 0.1) is 13.0 Å². The lowest BCUT2D eigenvalue weighted by Gasteiger charge is -2.25. The van der Waals surface area contributed by atoms with Crippen LogP contribution in [0.4, 0.5) is 0 Å². The molecule has 0 spiro atoms. The standard InChI is InChI=1S/C10H21NO2/c1-5-13-9(12)7-10(4,11)6-8(2)3/h8H,5-7,11H2,1-4H3. The number of hydrogen-bond acceptors (Lipinski definition) is 3. The molecule has 0 heterocycles. The van der Waals surface area contributed by atoms with Crippen molar-refractivity contribution >= 4 is 5.97 Å². The van der Waals surface area contributed by atoms with E-state index in [1.54, 1.807) is 6.92 Å². The van der Waals surface area contributed by atoms with Crippen LogP contribution in [-0.2, 0) is 9.53 Å². The maximum absolute atomic E-state index is 11.1. The molecule has 0 radical (unpaired) electrons. The molecule has 0 aromatic rings. The third-order valence-corrected chi connectivity index (χ3v) is 1.73.